The summed E-state index contributed by atoms with van der Waals surface area (Å²) in [7, 11) is -4.36. The molecule has 0 spiro atoms. The number of phosphoric acid groups is 1. The minimum absolute atomic E-state index is 0.288. The minimum atomic E-state index is -4.36. The van der Waals surface area contributed by atoms with Gasteiger partial charge in [-0.1, -0.05) is 0 Å². The van der Waals surface area contributed by atoms with Crippen molar-refractivity contribution in [3.63, 3.8) is 0 Å². The smallest absolute Gasteiger partial charge is 0.412 e. The van der Waals surface area contributed by atoms with E-state index in [9.17, 15) is 4.57 Å². The lowest BCUT2D eigenvalue weighted by atomic mass is 10.7. The largest absolute Gasteiger partial charge is 0.524 e. The van der Waals surface area contributed by atoms with Crippen LogP contribution < -0.4 is 0 Å². The van der Waals surface area contributed by atoms with Gasteiger partial charge in [-0.05, 0) is 13.0 Å². The zero-order chi connectivity index (χ0) is 8.74. The van der Waals surface area contributed by atoms with E-state index in [0.29, 0.717) is 6.61 Å². The molecule has 0 atom stereocenters. The fourth-order valence-electron chi connectivity index (χ4n) is 0.347. The molecule has 0 aromatic rings. The molecule has 66 valence electrons. The van der Waals surface area contributed by atoms with Gasteiger partial charge in [0.15, 0.2) is 0 Å². The fourth-order valence-corrected chi connectivity index (χ4v) is 0.592. The molecule has 11 heavy (non-hydrogen) atoms. The Bertz CT molecular complexity index is 160. The lowest BCUT2D eigenvalue weighted by molar-refractivity contribution is 0.175. The van der Waals surface area contributed by atoms with Gasteiger partial charge < -0.3 is 9.26 Å². The highest BCUT2D eigenvalue weighted by Gasteiger charge is 2.10. The molecule has 0 amide bonds. The van der Waals surface area contributed by atoms with Crippen molar-refractivity contribution in [1.82, 2.24) is 0 Å². The van der Waals surface area contributed by atoms with Crippen molar-refractivity contribution in [3.05, 3.63) is 12.3 Å². The molecule has 2 N–H and O–H groups in total. The zero-order valence-corrected chi connectivity index (χ0v) is 7.03. The molecule has 0 bridgehead atoms. The molecule has 0 aliphatic carbocycles. The van der Waals surface area contributed by atoms with E-state index >= 15 is 0 Å². The summed E-state index contributed by atoms with van der Waals surface area (Å²) < 4.78 is 18.9. The van der Waals surface area contributed by atoms with E-state index in [0.717, 1.165) is 6.26 Å². The van der Waals surface area contributed by atoms with E-state index in [-0.39, 0.29) is 6.61 Å². The molecule has 5 nitrogen and oxygen atoms in total. The average molecular weight is 182 g/mol. The van der Waals surface area contributed by atoms with Crippen LogP contribution in [0.15, 0.2) is 12.3 Å². The zero-order valence-electron chi connectivity index (χ0n) is 6.14. The lowest BCUT2D eigenvalue weighted by Crippen LogP contribution is -1.88. The second-order valence-corrected chi connectivity index (χ2v) is 2.82. The molecule has 0 aromatic heterocycles. The number of ether oxygens (including phenoxy) is 1. The van der Waals surface area contributed by atoms with Gasteiger partial charge in [0.1, 0.15) is 0 Å². The Morgan fingerprint density at radius 1 is 1.55 bits per heavy atom. The van der Waals surface area contributed by atoms with Gasteiger partial charge in [-0.2, -0.15) is 0 Å². The highest BCUT2D eigenvalue weighted by Crippen LogP contribution is 2.35. The first-order valence-corrected chi connectivity index (χ1v) is 4.56. The molecule has 0 heterocycles. The highest BCUT2D eigenvalue weighted by molar-refractivity contribution is 7.46. The van der Waals surface area contributed by atoms with Gasteiger partial charge in [-0.15, -0.1) is 0 Å². The molecule has 0 radical (unpaired) electrons. The molecule has 0 aliphatic heterocycles. The number of hydrogen-bond donors (Lipinski definition) is 2. The van der Waals surface area contributed by atoms with E-state index in [2.05, 4.69) is 4.52 Å². The number of phosphoric ester groups is 1. The molecule has 0 unspecified atom stereocenters. The quantitative estimate of drug-likeness (QED) is 0.370. The monoisotopic (exact) mass is 182 g/mol. The van der Waals surface area contributed by atoms with Crippen LogP contribution in [0.1, 0.15) is 6.92 Å². The maximum Gasteiger partial charge on any atom is 0.524 e. The third kappa shape index (κ3) is 9.65. The Balaban J connectivity index is 3.38. The average Bonchev–Trinajstić information content (AvgIpc) is 1.85. The maximum atomic E-state index is 10.0. The van der Waals surface area contributed by atoms with Crippen LogP contribution in [0.4, 0.5) is 0 Å². The molecule has 0 aromatic carbocycles. The molecular formula is C5H11O5P. The van der Waals surface area contributed by atoms with Crippen LogP contribution in [0.3, 0.4) is 0 Å². The van der Waals surface area contributed by atoms with Crippen LogP contribution >= 0.6 is 7.82 Å². The fraction of sp³-hybridized carbons (Fsp3) is 0.600. The van der Waals surface area contributed by atoms with Crippen molar-refractivity contribution in [2.24, 2.45) is 0 Å². The van der Waals surface area contributed by atoms with Crippen molar-refractivity contribution in [1.29, 1.82) is 0 Å². The predicted octanol–water partition coefficient (Wildman–Crippen LogP) is 0.646. The normalized spacial score (nSPS) is 12.3. The second-order valence-electron chi connectivity index (χ2n) is 1.63. The highest BCUT2D eigenvalue weighted by atomic mass is 31.2. The Morgan fingerprint density at radius 3 is 2.64 bits per heavy atom. The Morgan fingerprint density at radius 2 is 2.18 bits per heavy atom. The number of rotatable bonds is 5. The number of hydrogen-bond acceptors (Lipinski definition) is 3. The second kappa shape index (κ2) is 5.32. The van der Waals surface area contributed by atoms with Crippen LogP contribution in [0, 0.1) is 0 Å². The van der Waals surface area contributed by atoms with Gasteiger partial charge in [-0.3, -0.25) is 9.79 Å². The molecule has 6 heteroatoms. The molecule has 0 saturated heterocycles. The van der Waals surface area contributed by atoms with Crippen LogP contribution in [-0.4, -0.2) is 23.0 Å². The van der Waals surface area contributed by atoms with Crippen LogP contribution in [-0.2, 0) is 13.8 Å². The van der Waals surface area contributed by atoms with Gasteiger partial charge in [0.25, 0.3) is 0 Å². The summed E-state index contributed by atoms with van der Waals surface area (Å²) in [6, 6.07) is 0. The van der Waals surface area contributed by atoms with Gasteiger partial charge in [0.05, 0.1) is 12.9 Å². The van der Waals surface area contributed by atoms with Gasteiger partial charge in [-0.25, -0.2) is 4.57 Å². The van der Waals surface area contributed by atoms with E-state index in [1.54, 1.807) is 0 Å². The Labute approximate surface area is 64.9 Å². The van der Waals surface area contributed by atoms with E-state index in [4.69, 9.17) is 14.5 Å². The van der Waals surface area contributed by atoms with Crippen molar-refractivity contribution in [2.75, 3.05) is 13.2 Å². The Hall–Kier alpha value is -0.350. The SMILES string of the molecule is CCOC/C=C/OP(=O)(O)O. The summed E-state index contributed by atoms with van der Waals surface area (Å²) in [6.07, 6.45) is 2.30. The van der Waals surface area contributed by atoms with Crippen LogP contribution in [0.2, 0.25) is 0 Å². The van der Waals surface area contributed by atoms with Gasteiger partial charge in [0.2, 0.25) is 0 Å². The van der Waals surface area contributed by atoms with Crippen molar-refractivity contribution >= 4 is 7.82 Å². The third-order valence-electron chi connectivity index (χ3n) is 0.713. The van der Waals surface area contributed by atoms with Crippen LogP contribution in [0.5, 0.6) is 0 Å². The van der Waals surface area contributed by atoms with Crippen LogP contribution in [0.25, 0.3) is 0 Å². The summed E-state index contributed by atoms with van der Waals surface area (Å²) in [4.78, 5) is 16.3. The minimum Gasteiger partial charge on any atom is -0.412 e. The molecule has 0 rings (SSSR count). The third-order valence-corrected chi connectivity index (χ3v) is 1.11. The van der Waals surface area contributed by atoms with Crippen molar-refractivity contribution in [2.45, 2.75) is 6.92 Å². The van der Waals surface area contributed by atoms with Gasteiger partial charge in [0, 0.05) is 6.61 Å². The summed E-state index contributed by atoms with van der Waals surface area (Å²) in [5.41, 5.74) is 0. The summed E-state index contributed by atoms with van der Waals surface area (Å²) in [5.74, 6) is 0. The summed E-state index contributed by atoms with van der Waals surface area (Å²) >= 11 is 0. The lowest BCUT2D eigenvalue weighted by Gasteiger charge is -1.99. The predicted molar refractivity (Wildman–Crippen MR) is 38.8 cm³/mol. The molecule has 0 aliphatic rings. The molecule has 0 fully saturated rings. The summed E-state index contributed by atoms with van der Waals surface area (Å²) in [6.45, 7) is 2.66. The van der Waals surface area contributed by atoms with E-state index in [1.807, 2.05) is 6.92 Å². The van der Waals surface area contributed by atoms with Crippen molar-refractivity contribution < 1.29 is 23.6 Å². The standard InChI is InChI=1S/C5H11O5P/c1-2-9-4-3-5-10-11(6,7)8/h3,5H,2,4H2,1H3,(H2,6,7,8)/b5-3+. The van der Waals surface area contributed by atoms with Crippen molar-refractivity contribution in [3.8, 4) is 0 Å². The Kier molecular flexibility index (Phi) is 5.15. The van der Waals surface area contributed by atoms with Gasteiger partial charge >= 0.3 is 7.82 Å². The first-order chi connectivity index (χ1) is 5.06. The molecular weight excluding hydrogens is 171 g/mol. The topological polar surface area (TPSA) is 76.0 Å². The molecule has 0 saturated carbocycles. The maximum absolute atomic E-state index is 10.0. The first-order valence-electron chi connectivity index (χ1n) is 3.03. The van der Waals surface area contributed by atoms with E-state index in [1.165, 1.54) is 6.08 Å². The summed E-state index contributed by atoms with van der Waals surface area (Å²) in [5, 5.41) is 0. The first kappa shape index (κ1) is 10.7. The van der Waals surface area contributed by atoms with E-state index < -0.39 is 7.82 Å².